The number of anilines is 1. The number of aryl methyl sites for hydroxylation is 1. The minimum Gasteiger partial charge on any atom is -0.480 e. The maximum atomic E-state index is 12.3. The summed E-state index contributed by atoms with van der Waals surface area (Å²) >= 11 is 3.47. The second-order valence-electron chi connectivity index (χ2n) is 7.82. The number of para-hydroxylation sites is 2. The van der Waals surface area contributed by atoms with E-state index in [4.69, 9.17) is 9.97 Å². The van der Waals surface area contributed by atoms with E-state index in [-0.39, 0.29) is 0 Å². The van der Waals surface area contributed by atoms with Crippen molar-refractivity contribution in [2.24, 2.45) is 0 Å². The highest BCUT2D eigenvalue weighted by Crippen LogP contribution is 2.31. The van der Waals surface area contributed by atoms with E-state index < -0.39 is 12.0 Å². The summed E-state index contributed by atoms with van der Waals surface area (Å²) in [5, 5.41) is 11.0. The molecule has 0 radical (unpaired) electrons. The normalized spacial score (nSPS) is 16.1. The summed E-state index contributed by atoms with van der Waals surface area (Å²) in [6.07, 6.45) is 1.82. The number of benzene rings is 2. The van der Waals surface area contributed by atoms with Gasteiger partial charge in [0.1, 0.15) is 6.04 Å². The van der Waals surface area contributed by atoms with E-state index in [1.54, 1.807) is 0 Å². The van der Waals surface area contributed by atoms with Crippen LogP contribution in [0.1, 0.15) is 17.3 Å². The quantitative estimate of drug-likeness (QED) is 0.457. The number of hydrogen-bond donors (Lipinski definition) is 2. The molecular formula is C23H22BrN5O2. The van der Waals surface area contributed by atoms with Gasteiger partial charge < -0.3 is 15.0 Å². The molecule has 1 unspecified atom stereocenters. The molecule has 1 fully saturated rings. The number of aromatic amines is 1. The van der Waals surface area contributed by atoms with Gasteiger partial charge in [-0.15, -0.1) is 0 Å². The van der Waals surface area contributed by atoms with Gasteiger partial charge >= 0.3 is 5.97 Å². The number of rotatable bonds is 4. The lowest BCUT2D eigenvalue weighted by molar-refractivity contribution is -0.143. The molecule has 0 amide bonds. The van der Waals surface area contributed by atoms with Crippen LogP contribution < -0.4 is 4.90 Å². The van der Waals surface area contributed by atoms with Crippen molar-refractivity contribution in [1.29, 1.82) is 0 Å². The summed E-state index contributed by atoms with van der Waals surface area (Å²) in [5.41, 5.74) is 4.38. The summed E-state index contributed by atoms with van der Waals surface area (Å²) in [5.74, 6) is 0.0427. The minimum atomic E-state index is -0.834. The Bertz CT molecular complexity index is 1280. The molecule has 4 aromatic rings. The third kappa shape index (κ3) is 3.66. The Morgan fingerprint density at radius 3 is 2.52 bits per heavy atom. The van der Waals surface area contributed by atoms with E-state index in [0.29, 0.717) is 26.2 Å². The highest BCUT2D eigenvalue weighted by molar-refractivity contribution is 9.10. The minimum absolute atomic E-state index is 0.633. The van der Waals surface area contributed by atoms with Crippen molar-refractivity contribution >= 4 is 49.7 Å². The Morgan fingerprint density at radius 2 is 1.81 bits per heavy atom. The second-order valence-corrected chi connectivity index (χ2v) is 8.73. The van der Waals surface area contributed by atoms with Gasteiger partial charge in [0.15, 0.2) is 5.82 Å². The van der Waals surface area contributed by atoms with Gasteiger partial charge in [0.2, 0.25) is 0 Å². The van der Waals surface area contributed by atoms with Crippen LogP contribution in [0.25, 0.3) is 21.9 Å². The third-order valence-corrected chi connectivity index (χ3v) is 6.40. The predicted molar refractivity (Wildman–Crippen MR) is 124 cm³/mol. The summed E-state index contributed by atoms with van der Waals surface area (Å²) in [7, 11) is 0. The Morgan fingerprint density at radius 1 is 1.10 bits per heavy atom. The van der Waals surface area contributed by atoms with Gasteiger partial charge in [-0.1, -0.05) is 34.1 Å². The molecule has 5 rings (SSSR count). The molecule has 7 nitrogen and oxygen atoms in total. The highest BCUT2D eigenvalue weighted by Gasteiger charge is 2.32. The SMILES string of the molecule is Cc1nc2ccccc2nc1N1CCN(C(C(=O)O)c2c[nH]c3cc(Br)ccc23)CC1. The summed E-state index contributed by atoms with van der Waals surface area (Å²) in [4.78, 5) is 29.2. The number of nitrogens with one attached hydrogen (secondary N) is 1. The zero-order valence-electron chi connectivity index (χ0n) is 17.0. The molecule has 2 N–H and O–H groups in total. The van der Waals surface area contributed by atoms with E-state index in [1.165, 1.54) is 0 Å². The Hall–Kier alpha value is -2.97. The van der Waals surface area contributed by atoms with E-state index >= 15 is 0 Å². The van der Waals surface area contributed by atoms with Crippen LogP contribution in [0.5, 0.6) is 0 Å². The van der Waals surface area contributed by atoms with Crippen molar-refractivity contribution in [3.63, 3.8) is 0 Å². The smallest absolute Gasteiger partial charge is 0.325 e. The molecule has 1 atom stereocenters. The van der Waals surface area contributed by atoms with Gasteiger partial charge in [-0.25, -0.2) is 9.97 Å². The van der Waals surface area contributed by atoms with Crippen LogP contribution in [-0.2, 0) is 4.79 Å². The van der Waals surface area contributed by atoms with Gasteiger partial charge in [0.05, 0.1) is 16.7 Å². The Labute approximate surface area is 187 Å². The number of carboxylic acid groups (broad SMARTS) is 1. The monoisotopic (exact) mass is 479 g/mol. The lowest BCUT2D eigenvalue weighted by Crippen LogP contribution is -2.49. The van der Waals surface area contributed by atoms with Gasteiger partial charge in [-0.3, -0.25) is 9.69 Å². The topological polar surface area (TPSA) is 85.3 Å². The Kier molecular flexibility index (Phi) is 5.11. The van der Waals surface area contributed by atoms with Gasteiger partial charge in [-0.2, -0.15) is 0 Å². The van der Waals surface area contributed by atoms with Crippen molar-refractivity contribution < 1.29 is 9.90 Å². The third-order valence-electron chi connectivity index (χ3n) is 5.90. The number of fused-ring (bicyclic) bond motifs is 2. The molecule has 8 heteroatoms. The largest absolute Gasteiger partial charge is 0.480 e. The zero-order valence-corrected chi connectivity index (χ0v) is 18.6. The summed E-state index contributed by atoms with van der Waals surface area (Å²) in [6.45, 7) is 4.64. The molecule has 1 aliphatic heterocycles. The lowest BCUT2D eigenvalue weighted by atomic mass is 10.0. The van der Waals surface area contributed by atoms with E-state index in [1.807, 2.05) is 60.5 Å². The van der Waals surface area contributed by atoms with Crippen molar-refractivity contribution in [2.75, 3.05) is 31.1 Å². The van der Waals surface area contributed by atoms with Crippen LogP contribution in [0, 0.1) is 6.92 Å². The number of aromatic nitrogens is 3. The fourth-order valence-electron chi connectivity index (χ4n) is 4.40. The van der Waals surface area contributed by atoms with Gasteiger partial charge in [0, 0.05) is 53.3 Å². The number of H-pyrrole nitrogens is 1. The molecule has 0 saturated carbocycles. The molecule has 0 spiro atoms. The number of carbonyl (C=O) groups is 1. The number of carboxylic acids is 1. The first kappa shape index (κ1) is 20.0. The molecule has 0 aliphatic carbocycles. The van der Waals surface area contributed by atoms with Crippen molar-refractivity contribution in [3.05, 3.63) is 64.4 Å². The molecule has 3 heterocycles. The molecule has 1 aliphatic rings. The van der Waals surface area contributed by atoms with Crippen molar-refractivity contribution in [1.82, 2.24) is 19.9 Å². The lowest BCUT2D eigenvalue weighted by Gasteiger charge is -2.38. The van der Waals surface area contributed by atoms with Crippen LogP contribution in [0.15, 0.2) is 53.1 Å². The van der Waals surface area contributed by atoms with E-state index in [0.717, 1.165) is 43.5 Å². The first-order chi connectivity index (χ1) is 15.0. The molecule has 31 heavy (non-hydrogen) atoms. The number of piperazine rings is 1. The van der Waals surface area contributed by atoms with Crippen LogP contribution >= 0.6 is 15.9 Å². The first-order valence-corrected chi connectivity index (χ1v) is 11.0. The average Bonchev–Trinajstić information content (AvgIpc) is 3.16. The maximum absolute atomic E-state index is 12.3. The fraction of sp³-hybridized carbons (Fsp3) is 0.261. The Balaban J connectivity index is 1.39. The number of hydrogen-bond acceptors (Lipinski definition) is 5. The second kappa shape index (κ2) is 7.94. The van der Waals surface area contributed by atoms with Crippen LogP contribution in [0.2, 0.25) is 0 Å². The molecule has 158 valence electrons. The maximum Gasteiger partial charge on any atom is 0.325 e. The van der Waals surface area contributed by atoms with E-state index in [2.05, 4.69) is 25.8 Å². The molecule has 0 bridgehead atoms. The number of nitrogens with zero attached hydrogens (tertiary/aromatic N) is 4. The average molecular weight is 480 g/mol. The van der Waals surface area contributed by atoms with Crippen molar-refractivity contribution in [2.45, 2.75) is 13.0 Å². The van der Waals surface area contributed by atoms with Crippen LogP contribution in [0.3, 0.4) is 0 Å². The molecular weight excluding hydrogens is 458 g/mol. The summed E-state index contributed by atoms with van der Waals surface area (Å²) in [6, 6.07) is 13.0. The molecule has 2 aromatic heterocycles. The van der Waals surface area contributed by atoms with Gasteiger partial charge in [-0.05, 0) is 31.2 Å². The first-order valence-electron chi connectivity index (χ1n) is 10.2. The zero-order chi connectivity index (χ0) is 21.5. The van der Waals surface area contributed by atoms with Crippen molar-refractivity contribution in [3.8, 4) is 0 Å². The van der Waals surface area contributed by atoms with Crippen LogP contribution in [0.4, 0.5) is 5.82 Å². The number of halogens is 1. The van der Waals surface area contributed by atoms with E-state index in [9.17, 15) is 9.90 Å². The number of aliphatic carboxylic acids is 1. The molecule has 2 aromatic carbocycles. The predicted octanol–water partition coefficient (Wildman–Crippen LogP) is 4.13. The van der Waals surface area contributed by atoms with Gasteiger partial charge in [0.25, 0.3) is 0 Å². The van der Waals surface area contributed by atoms with Crippen LogP contribution in [-0.4, -0.2) is 57.1 Å². The highest BCUT2D eigenvalue weighted by atomic mass is 79.9. The molecule has 1 saturated heterocycles. The summed E-state index contributed by atoms with van der Waals surface area (Å²) < 4.78 is 0.959. The fourth-order valence-corrected chi connectivity index (χ4v) is 4.76. The standard InChI is InChI=1S/C23H22BrN5O2/c1-14-22(27-19-5-3-2-4-18(19)26-14)29-10-8-28(9-11-29)21(23(30)31)17-13-25-20-12-15(24)6-7-16(17)20/h2-7,12-13,21,25H,8-11H2,1H3,(H,30,31).